The maximum absolute atomic E-state index is 13.9. The summed E-state index contributed by atoms with van der Waals surface area (Å²) in [6, 6.07) is 13.1. The molecule has 3 fully saturated rings. The second-order valence-corrected chi connectivity index (χ2v) is 13.3. The Hall–Kier alpha value is -3.78. The SMILES string of the molecule is N#CC1(NC(=O)C2CCCCC2)CC1.O=S1(=O)CCN(c2ccc(-c3cnn(-c4cc(F)ccc4F)c3)cc2)CC1.[HH]. The standard InChI is InChI=1S/C19H17F2N3O2S.C11H16N2O.H2/c20-16-3-6-18(21)19(11-16)24-13-15(12-22-24)14-1-4-17(5-2-14)23-7-9-27(25,26)10-8-23;12-8-11(6-7-11)13-10(14)9-4-2-1-3-5-9;/h1-6,11-13H,7-10H2;9H,1-7H2,(H,13,14);1H. The van der Waals surface area contributed by atoms with Crippen LogP contribution < -0.4 is 10.2 Å². The number of anilines is 1. The van der Waals surface area contributed by atoms with E-state index in [4.69, 9.17) is 5.26 Å². The van der Waals surface area contributed by atoms with Crippen LogP contribution in [0.25, 0.3) is 16.8 Å². The number of halogens is 2. The Bertz CT molecular complexity index is 1530. The van der Waals surface area contributed by atoms with Crippen LogP contribution in [0, 0.1) is 28.9 Å². The van der Waals surface area contributed by atoms with Gasteiger partial charge in [-0.2, -0.15) is 10.4 Å². The third-order valence-electron chi connectivity index (χ3n) is 7.95. The number of sulfone groups is 1. The molecule has 0 atom stereocenters. The summed E-state index contributed by atoms with van der Waals surface area (Å²) in [6.45, 7) is 0.969. The minimum atomic E-state index is -2.92. The number of rotatable bonds is 5. The lowest BCUT2D eigenvalue weighted by Crippen LogP contribution is -2.40. The number of nitrogens with zero attached hydrogens (tertiary/aromatic N) is 4. The topological polar surface area (TPSA) is 108 Å². The van der Waals surface area contributed by atoms with E-state index in [1.807, 2.05) is 29.2 Å². The van der Waals surface area contributed by atoms with Gasteiger partial charge in [0.25, 0.3) is 0 Å². The van der Waals surface area contributed by atoms with Crippen LogP contribution in [0.4, 0.5) is 14.5 Å². The van der Waals surface area contributed by atoms with E-state index in [9.17, 15) is 22.0 Å². The largest absolute Gasteiger partial charge is 0.369 e. The van der Waals surface area contributed by atoms with Crippen molar-refractivity contribution in [3.63, 3.8) is 0 Å². The molecule has 2 saturated carbocycles. The molecule has 2 heterocycles. The quantitative estimate of drug-likeness (QED) is 0.451. The zero-order valence-corrected chi connectivity index (χ0v) is 23.5. The van der Waals surface area contributed by atoms with Crippen LogP contribution in [0.3, 0.4) is 0 Å². The van der Waals surface area contributed by atoms with Gasteiger partial charge < -0.3 is 10.2 Å². The number of hydrogen-bond acceptors (Lipinski definition) is 6. The maximum Gasteiger partial charge on any atom is 0.224 e. The van der Waals surface area contributed by atoms with E-state index in [-0.39, 0.29) is 30.4 Å². The zero-order chi connectivity index (χ0) is 29.0. The molecule has 1 saturated heterocycles. The average Bonchev–Trinajstić information content (AvgIpc) is 3.58. The van der Waals surface area contributed by atoms with Crippen molar-refractivity contribution in [2.75, 3.05) is 29.5 Å². The van der Waals surface area contributed by atoms with Gasteiger partial charge in [-0.25, -0.2) is 21.9 Å². The second kappa shape index (κ2) is 12.0. The molecule has 8 nitrogen and oxygen atoms in total. The highest BCUT2D eigenvalue weighted by molar-refractivity contribution is 7.91. The van der Waals surface area contributed by atoms with E-state index >= 15 is 0 Å². The zero-order valence-electron chi connectivity index (χ0n) is 22.7. The highest BCUT2D eigenvalue weighted by Gasteiger charge is 2.45. The van der Waals surface area contributed by atoms with Crippen LogP contribution in [0.5, 0.6) is 0 Å². The summed E-state index contributed by atoms with van der Waals surface area (Å²) in [7, 11) is -2.92. The first-order valence-electron chi connectivity index (χ1n) is 14.0. The molecule has 1 N–H and O–H groups in total. The molecule has 3 aromatic rings. The molecule has 1 aromatic heterocycles. The van der Waals surface area contributed by atoms with Gasteiger partial charge in [0.15, 0.2) is 9.84 Å². The van der Waals surface area contributed by atoms with Gasteiger partial charge in [-0.15, -0.1) is 0 Å². The molecule has 1 aliphatic heterocycles. The first kappa shape index (κ1) is 28.7. The van der Waals surface area contributed by atoms with Crippen LogP contribution in [0.2, 0.25) is 0 Å². The van der Waals surface area contributed by atoms with Crippen molar-refractivity contribution in [1.29, 1.82) is 5.26 Å². The van der Waals surface area contributed by atoms with Crippen LogP contribution in [0.15, 0.2) is 54.9 Å². The number of hydrogen-bond donors (Lipinski definition) is 1. The second-order valence-electron chi connectivity index (χ2n) is 11.0. The molecular weight excluding hydrogens is 548 g/mol. The number of amides is 1. The fraction of sp³-hybridized carbons (Fsp3) is 0.433. The highest BCUT2D eigenvalue weighted by atomic mass is 32.2. The molecule has 0 radical (unpaired) electrons. The molecule has 2 aromatic carbocycles. The average molecular weight is 584 g/mol. The van der Waals surface area contributed by atoms with Crippen LogP contribution in [0.1, 0.15) is 46.4 Å². The van der Waals surface area contributed by atoms with Crippen LogP contribution in [-0.2, 0) is 14.6 Å². The lowest BCUT2D eigenvalue weighted by molar-refractivity contribution is -0.126. The number of carbonyl (C=O) groups is 1. The van der Waals surface area contributed by atoms with E-state index in [2.05, 4.69) is 16.5 Å². The van der Waals surface area contributed by atoms with Crippen molar-refractivity contribution in [1.82, 2.24) is 15.1 Å². The summed E-state index contributed by atoms with van der Waals surface area (Å²) in [6.07, 6.45) is 10.5. The first-order valence-corrected chi connectivity index (χ1v) is 15.8. The third-order valence-corrected chi connectivity index (χ3v) is 9.56. The van der Waals surface area contributed by atoms with Gasteiger partial charge >= 0.3 is 0 Å². The Kier molecular flexibility index (Phi) is 8.40. The number of nitrogens with one attached hydrogen (secondary N) is 1. The molecule has 2 aliphatic carbocycles. The first-order chi connectivity index (χ1) is 19.7. The van der Waals surface area contributed by atoms with Crippen molar-refractivity contribution < 1.29 is 23.4 Å². The van der Waals surface area contributed by atoms with E-state index in [0.717, 1.165) is 73.5 Å². The molecule has 218 valence electrons. The number of aromatic nitrogens is 2. The molecular formula is C30H35F2N5O3S. The monoisotopic (exact) mass is 583 g/mol. The lowest BCUT2D eigenvalue weighted by atomic mass is 9.88. The van der Waals surface area contributed by atoms with Gasteiger partial charge in [0.2, 0.25) is 5.91 Å². The van der Waals surface area contributed by atoms with Gasteiger partial charge in [0.1, 0.15) is 22.9 Å². The normalized spacial score (nSPS) is 19.4. The van der Waals surface area contributed by atoms with Gasteiger partial charge in [0.05, 0.1) is 23.8 Å². The number of carbonyl (C=O) groups excluding carboxylic acids is 1. The third kappa shape index (κ3) is 7.11. The van der Waals surface area contributed by atoms with Gasteiger partial charge in [-0.3, -0.25) is 4.79 Å². The molecule has 1 amide bonds. The summed E-state index contributed by atoms with van der Waals surface area (Å²) in [5.74, 6) is -0.460. The smallest absolute Gasteiger partial charge is 0.224 e. The Morgan fingerprint density at radius 3 is 2.34 bits per heavy atom. The fourth-order valence-corrected chi connectivity index (χ4v) is 6.39. The van der Waals surface area contributed by atoms with Crippen molar-refractivity contribution in [2.45, 2.75) is 50.5 Å². The molecule has 0 bridgehead atoms. The van der Waals surface area contributed by atoms with Crippen LogP contribution >= 0.6 is 0 Å². The van der Waals surface area contributed by atoms with Crippen molar-refractivity contribution >= 4 is 21.4 Å². The highest BCUT2D eigenvalue weighted by Crippen LogP contribution is 2.35. The Morgan fingerprint density at radius 2 is 1.71 bits per heavy atom. The van der Waals surface area contributed by atoms with E-state index in [1.165, 1.54) is 11.1 Å². The Morgan fingerprint density at radius 1 is 1.02 bits per heavy atom. The summed E-state index contributed by atoms with van der Waals surface area (Å²) < 4.78 is 51.7. The van der Waals surface area contributed by atoms with E-state index in [1.54, 1.807) is 12.4 Å². The predicted molar refractivity (Wildman–Crippen MR) is 154 cm³/mol. The molecule has 0 spiro atoms. The molecule has 11 heteroatoms. The lowest BCUT2D eigenvalue weighted by Gasteiger charge is -2.28. The summed E-state index contributed by atoms with van der Waals surface area (Å²) in [5.41, 5.74) is 2.18. The number of benzene rings is 2. The maximum atomic E-state index is 13.9. The van der Waals surface area contributed by atoms with Crippen LogP contribution in [-0.4, -0.2) is 54.2 Å². The van der Waals surface area contributed by atoms with Gasteiger partial charge in [0, 0.05) is 43.9 Å². The molecule has 41 heavy (non-hydrogen) atoms. The van der Waals surface area contributed by atoms with E-state index in [0.29, 0.717) is 13.1 Å². The minimum absolute atomic E-state index is 0. The Balaban J connectivity index is 0.000000228. The predicted octanol–water partition coefficient (Wildman–Crippen LogP) is 5.04. The van der Waals surface area contributed by atoms with Crippen molar-refractivity contribution in [3.05, 3.63) is 66.5 Å². The molecule has 6 rings (SSSR count). The summed E-state index contributed by atoms with van der Waals surface area (Å²) in [5, 5.41) is 15.9. The summed E-state index contributed by atoms with van der Waals surface area (Å²) in [4.78, 5) is 13.8. The molecule has 0 unspecified atom stereocenters. The van der Waals surface area contributed by atoms with Gasteiger partial charge in [-0.05, 0) is 55.5 Å². The minimum Gasteiger partial charge on any atom is -0.369 e. The number of nitriles is 1. The Labute approximate surface area is 240 Å². The van der Waals surface area contributed by atoms with E-state index < -0.39 is 27.0 Å². The molecule has 3 aliphatic rings. The van der Waals surface area contributed by atoms with Crippen molar-refractivity contribution in [3.8, 4) is 22.9 Å². The van der Waals surface area contributed by atoms with Gasteiger partial charge in [-0.1, -0.05) is 31.4 Å². The fourth-order valence-electron chi connectivity index (χ4n) is 5.19. The summed E-state index contributed by atoms with van der Waals surface area (Å²) >= 11 is 0. The van der Waals surface area contributed by atoms with Crippen molar-refractivity contribution in [2.24, 2.45) is 5.92 Å².